The lowest BCUT2D eigenvalue weighted by Crippen LogP contribution is -2.24. The zero-order valence-corrected chi connectivity index (χ0v) is 11.6. The Kier molecular flexibility index (Phi) is 4.85. The van der Waals surface area contributed by atoms with Gasteiger partial charge in [0.2, 0.25) is 0 Å². The zero-order valence-electron chi connectivity index (χ0n) is 11.6. The Balaban J connectivity index is 2.04. The van der Waals surface area contributed by atoms with E-state index in [1.807, 2.05) is 30.3 Å². The third-order valence-electron chi connectivity index (χ3n) is 3.21. The quantitative estimate of drug-likeness (QED) is 0.872. The van der Waals surface area contributed by atoms with Crippen LogP contribution >= 0.6 is 0 Å². The normalized spacial score (nSPS) is 10.3. The highest BCUT2D eigenvalue weighted by atomic mass is 16.1. The lowest BCUT2D eigenvalue weighted by atomic mass is 10.1. The highest BCUT2D eigenvalue weighted by Gasteiger charge is 2.07. The number of aromatic nitrogens is 1. The van der Waals surface area contributed by atoms with Gasteiger partial charge < -0.3 is 11.1 Å². The van der Waals surface area contributed by atoms with Crippen LogP contribution in [0.3, 0.4) is 0 Å². The molecule has 2 rings (SSSR count). The van der Waals surface area contributed by atoms with Gasteiger partial charge in [-0.25, -0.2) is 0 Å². The van der Waals surface area contributed by atoms with Crippen LogP contribution in [-0.2, 0) is 19.5 Å². The average molecular weight is 269 g/mol. The summed E-state index contributed by atoms with van der Waals surface area (Å²) in [6.45, 7) is 2.95. The Morgan fingerprint density at radius 3 is 2.90 bits per heavy atom. The van der Waals surface area contributed by atoms with Gasteiger partial charge in [-0.2, -0.15) is 0 Å². The number of nitrogens with one attached hydrogen (secondary N) is 1. The van der Waals surface area contributed by atoms with Crippen LogP contribution in [0.5, 0.6) is 0 Å². The topological polar surface area (TPSA) is 68.0 Å². The lowest BCUT2D eigenvalue weighted by molar-refractivity contribution is 0.0950. The smallest absolute Gasteiger partial charge is 0.251 e. The zero-order chi connectivity index (χ0) is 14.4. The minimum atomic E-state index is -0.104. The van der Waals surface area contributed by atoms with E-state index in [2.05, 4.69) is 17.2 Å². The number of amides is 1. The summed E-state index contributed by atoms with van der Waals surface area (Å²) in [5.74, 6) is -0.104. The molecule has 0 atom stereocenters. The molecule has 3 N–H and O–H groups in total. The summed E-state index contributed by atoms with van der Waals surface area (Å²) in [5.41, 5.74) is 9.23. The maximum Gasteiger partial charge on any atom is 0.251 e. The van der Waals surface area contributed by atoms with Crippen molar-refractivity contribution in [1.82, 2.24) is 10.3 Å². The largest absolute Gasteiger partial charge is 0.346 e. The van der Waals surface area contributed by atoms with Crippen LogP contribution in [-0.4, -0.2) is 10.9 Å². The second kappa shape index (κ2) is 6.82. The van der Waals surface area contributed by atoms with E-state index in [0.717, 1.165) is 23.2 Å². The van der Waals surface area contributed by atoms with Crippen LogP contribution in [0.2, 0.25) is 0 Å². The fourth-order valence-corrected chi connectivity index (χ4v) is 2.06. The van der Waals surface area contributed by atoms with Crippen molar-refractivity contribution in [2.24, 2.45) is 5.73 Å². The number of hydrogen-bond acceptors (Lipinski definition) is 3. The minimum Gasteiger partial charge on any atom is -0.346 e. The fraction of sp³-hybridized carbons (Fsp3) is 0.250. The monoisotopic (exact) mass is 269 g/mol. The third kappa shape index (κ3) is 3.42. The average Bonchev–Trinajstić information content (AvgIpc) is 2.52. The van der Waals surface area contributed by atoms with Gasteiger partial charge in [0.05, 0.1) is 12.2 Å². The Bertz CT molecular complexity index is 596. The van der Waals surface area contributed by atoms with Crippen molar-refractivity contribution in [1.29, 1.82) is 0 Å². The summed E-state index contributed by atoms with van der Waals surface area (Å²) in [6.07, 6.45) is 2.65. The van der Waals surface area contributed by atoms with Crippen LogP contribution in [0.4, 0.5) is 0 Å². The molecule has 1 aromatic heterocycles. The third-order valence-corrected chi connectivity index (χ3v) is 3.21. The van der Waals surface area contributed by atoms with Crippen molar-refractivity contribution >= 4 is 5.91 Å². The first-order valence-corrected chi connectivity index (χ1v) is 6.74. The summed E-state index contributed by atoms with van der Waals surface area (Å²) in [5, 5.41) is 2.90. The van der Waals surface area contributed by atoms with Gasteiger partial charge in [-0.1, -0.05) is 25.1 Å². The Morgan fingerprint density at radius 1 is 1.30 bits per heavy atom. The van der Waals surface area contributed by atoms with Crippen LogP contribution in [0, 0.1) is 0 Å². The van der Waals surface area contributed by atoms with Crippen molar-refractivity contribution in [2.75, 3.05) is 0 Å². The highest BCUT2D eigenvalue weighted by Crippen LogP contribution is 2.08. The Labute approximate surface area is 119 Å². The summed E-state index contributed by atoms with van der Waals surface area (Å²) in [7, 11) is 0. The first-order chi connectivity index (χ1) is 9.74. The molecule has 0 aliphatic heterocycles. The Morgan fingerprint density at radius 2 is 2.15 bits per heavy atom. The number of carbonyl (C=O) groups excluding carboxylic acids is 1. The second-order valence-corrected chi connectivity index (χ2v) is 4.55. The van der Waals surface area contributed by atoms with E-state index in [0.29, 0.717) is 18.7 Å². The standard InChI is InChI=1S/C16H19N3O/c1-2-13-7-4-8-18-15(13)11-19-16(20)14-6-3-5-12(9-14)10-17/h3-9H,2,10-11,17H2,1H3,(H,19,20). The van der Waals surface area contributed by atoms with Crippen LogP contribution in [0.1, 0.15) is 34.1 Å². The van der Waals surface area contributed by atoms with Crippen molar-refractivity contribution < 1.29 is 4.79 Å². The molecule has 0 bridgehead atoms. The lowest BCUT2D eigenvalue weighted by Gasteiger charge is -2.09. The van der Waals surface area contributed by atoms with E-state index in [9.17, 15) is 4.79 Å². The molecule has 4 nitrogen and oxygen atoms in total. The molecule has 0 saturated heterocycles. The van der Waals surface area contributed by atoms with E-state index in [1.165, 1.54) is 0 Å². The molecule has 1 heterocycles. The first kappa shape index (κ1) is 14.2. The minimum absolute atomic E-state index is 0.104. The summed E-state index contributed by atoms with van der Waals surface area (Å²) in [4.78, 5) is 16.4. The van der Waals surface area contributed by atoms with Crippen molar-refractivity contribution in [2.45, 2.75) is 26.4 Å². The predicted octanol–water partition coefficient (Wildman–Crippen LogP) is 2.03. The van der Waals surface area contributed by atoms with Crippen molar-refractivity contribution in [3.63, 3.8) is 0 Å². The maximum atomic E-state index is 12.1. The van der Waals surface area contributed by atoms with Crippen LogP contribution in [0.25, 0.3) is 0 Å². The van der Waals surface area contributed by atoms with Crippen molar-refractivity contribution in [3.05, 3.63) is 65.0 Å². The maximum absolute atomic E-state index is 12.1. The molecule has 0 unspecified atom stereocenters. The van der Waals surface area contributed by atoms with Gasteiger partial charge >= 0.3 is 0 Å². The number of hydrogen-bond donors (Lipinski definition) is 2. The van der Waals surface area contributed by atoms with Gasteiger partial charge in [0.1, 0.15) is 0 Å². The number of pyridine rings is 1. The van der Waals surface area contributed by atoms with Crippen molar-refractivity contribution in [3.8, 4) is 0 Å². The van der Waals surface area contributed by atoms with Gasteiger partial charge in [0, 0.05) is 18.3 Å². The molecule has 1 aromatic carbocycles. The van der Waals surface area contributed by atoms with E-state index in [1.54, 1.807) is 12.3 Å². The van der Waals surface area contributed by atoms with E-state index >= 15 is 0 Å². The molecule has 0 saturated carbocycles. The van der Waals surface area contributed by atoms with Crippen LogP contribution < -0.4 is 11.1 Å². The molecule has 0 radical (unpaired) electrons. The number of benzene rings is 1. The molecule has 2 aromatic rings. The first-order valence-electron chi connectivity index (χ1n) is 6.74. The van der Waals surface area contributed by atoms with Crippen LogP contribution in [0.15, 0.2) is 42.6 Å². The molecular formula is C16H19N3O. The molecule has 0 spiro atoms. The number of aryl methyl sites for hydroxylation is 1. The van der Waals surface area contributed by atoms with E-state index in [-0.39, 0.29) is 5.91 Å². The van der Waals surface area contributed by atoms with Gasteiger partial charge in [-0.05, 0) is 35.7 Å². The SMILES string of the molecule is CCc1cccnc1CNC(=O)c1cccc(CN)c1. The highest BCUT2D eigenvalue weighted by molar-refractivity contribution is 5.94. The molecular weight excluding hydrogens is 250 g/mol. The van der Waals surface area contributed by atoms with Gasteiger partial charge in [0.15, 0.2) is 0 Å². The van der Waals surface area contributed by atoms with E-state index in [4.69, 9.17) is 5.73 Å². The number of nitrogens with zero attached hydrogens (tertiary/aromatic N) is 1. The molecule has 0 fully saturated rings. The Hall–Kier alpha value is -2.20. The molecule has 20 heavy (non-hydrogen) atoms. The molecule has 4 heteroatoms. The van der Waals surface area contributed by atoms with Gasteiger partial charge in [-0.15, -0.1) is 0 Å². The van der Waals surface area contributed by atoms with E-state index < -0.39 is 0 Å². The molecule has 0 aliphatic carbocycles. The molecule has 0 aliphatic rings. The number of rotatable bonds is 5. The van der Waals surface area contributed by atoms with Gasteiger partial charge in [-0.3, -0.25) is 9.78 Å². The summed E-state index contributed by atoms with van der Waals surface area (Å²) >= 11 is 0. The number of carbonyl (C=O) groups is 1. The fourth-order valence-electron chi connectivity index (χ4n) is 2.06. The summed E-state index contributed by atoms with van der Waals surface area (Å²) < 4.78 is 0. The summed E-state index contributed by atoms with van der Waals surface area (Å²) in [6, 6.07) is 11.3. The molecule has 1 amide bonds. The second-order valence-electron chi connectivity index (χ2n) is 4.55. The number of nitrogens with two attached hydrogens (primary N) is 1. The van der Waals surface area contributed by atoms with Gasteiger partial charge in [0.25, 0.3) is 5.91 Å². The predicted molar refractivity (Wildman–Crippen MR) is 79.1 cm³/mol. The molecule has 104 valence electrons.